The number of ether oxygens (including phenoxy) is 1. The van der Waals surface area contributed by atoms with E-state index in [1.807, 2.05) is 69.3 Å². The van der Waals surface area contributed by atoms with Gasteiger partial charge in [-0.15, -0.1) is 0 Å². The lowest BCUT2D eigenvalue weighted by Crippen LogP contribution is -2.29. The van der Waals surface area contributed by atoms with Gasteiger partial charge in [0, 0.05) is 12.1 Å². The van der Waals surface area contributed by atoms with Crippen molar-refractivity contribution in [3.8, 4) is 5.75 Å². The van der Waals surface area contributed by atoms with Crippen molar-refractivity contribution in [2.75, 3.05) is 7.11 Å². The van der Waals surface area contributed by atoms with Gasteiger partial charge in [-0.3, -0.25) is 9.59 Å². The standard InChI is InChI=1S/C35H41NO4/c1-20(2)27-18-28(23(5)17-29(27)40-9)32(37)30-31(24-12-14-26(15-13-24)35(6,7)8)36(34(39)33(30)38)19-25-16-21(3)10-11-22(25)4/h10-18,20,31,37H,19H2,1-9H3/b32-30+. The van der Waals surface area contributed by atoms with E-state index in [0.717, 1.165) is 44.7 Å². The van der Waals surface area contributed by atoms with E-state index in [2.05, 4.69) is 40.7 Å². The topological polar surface area (TPSA) is 66.8 Å². The van der Waals surface area contributed by atoms with Crippen molar-refractivity contribution in [2.24, 2.45) is 0 Å². The van der Waals surface area contributed by atoms with Crippen LogP contribution in [0.4, 0.5) is 0 Å². The summed E-state index contributed by atoms with van der Waals surface area (Å²) >= 11 is 0. The fourth-order valence-corrected chi connectivity index (χ4v) is 5.44. The smallest absolute Gasteiger partial charge is 0.295 e. The number of ketones is 1. The molecule has 40 heavy (non-hydrogen) atoms. The van der Waals surface area contributed by atoms with Gasteiger partial charge in [-0.25, -0.2) is 0 Å². The molecule has 5 nitrogen and oxygen atoms in total. The van der Waals surface area contributed by atoms with E-state index in [-0.39, 0.29) is 29.2 Å². The van der Waals surface area contributed by atoms with Crippen molar-refractivity contribution < 1.29 is 19.4 Å². The fourth-order valence-electron chi connectivity index (χ4n) is 5.44. The molecule has 1 N–H and O–H groups in total. The zero-order valence-electron chi connectivity index (χ0n) is 25.2. The average Bonchev–Trinajstić information content (AvgIpc) is 3.14. The van der Waals surface area contributed by atoms with Gasteiger partial charge in [0.2, 0.25) is 0 Å². The highest BCUT2D eigenvalue weighted by Crippen LogP contribution is 2.42. The number of Topliss-reactive ketones (excluding diaryl/α,β-unsaturated/α-hetero) is 1. The Balaban J connectivity index is 1.94. The molecular weight excluding hydrogens is 498 g/mol. The van der Waals surface area contributed by atoms with Crippen LogP contribution in [0.3, 0.4) is 0 Å². The highest BCUT2D eigenvalue weighted by atomic mass is 16.5. The first-order valence-electron chi connectivity index (χ1n) is 13.9. The summed E-state index contributed by atoms with van der Waals surface area (Å²) in [6.45, 7) is 16.7. The Morgan fingerprint density at radius 3 is 2.17 bits per heavy atom. The minimum absolute atomic E-state index is 0.0491. The lowest BCUT2D eigenvalue weighted by molar-refractivity contribution is -0.140. The van der Waals surface area contributed by atoms with Crippen molar-refractivity contribution in [2.45, 2.75) is 79.3 Å². The second-order valence-electron chi connectivity index (χ2n) is 12.3. The highest BCUT2D eigenvalue weighted by Gasteiger charge is 2.46. The van der Waals surface area contributed by atoms with Gasteiger partial charge in [0.1, 0.15) is 11.5 Å². The Labute approximate surface area is 238 Å². The van der Waals surface area contributed by atoms with Gasteiger partial charge >= 0.3 is 0 Å². The third kappa shape index (κ3) is 5.42. The van der Waals surface area contributed by atoms with Crippen LogP contribution in [0.2, 0.25) is 0 Å². The van der Waals surface area contributed by atoms with E-state index in [1.54, 1.807) is 12.0 Å². The van der Waals surface area contributed by atoms with Gasteiger partial charge < -0.3 is 14.7 Å². The number of benzene rings is 3. The molecule has 1 unspecified atom stereocenters. The summed E-state index contributed by atoms with van der Waals surface area (Å²) in [6, 6.07) is 17.2. The molecule has 0 bridgehead atoms. The average molecular weight is 540 g/mol. The summed E-state index contributed by atoms with van der Waals surface area (Å²) in [5.41, 5.74) is 7.32. The molecule has 0 saturated carbocycles. The third-order valence-electron chi connectivity index (χ3n) is 7.93. The number of hydrogen-bond acceptors (Lipinski definition) is 4. The quantitative estimate of drug-likeness (QED) is 0.198. The molecule has 0 aliphatic carbocycles. The van der Waals surface area contributed by atoms with Crippen LogP contribution in [-0.4, -0.2) is 28.8 Å². The second-order valence-corrected chi connectivity index (χ2v) is 12.3. The van der Waals surface area contributed by atoms with E-state index < -0.39 is 17.7 Å². The summed E-state index contributed by atoms with van der Waals surface area (Å²) in [7, 11) is 1.63. The van der Waals surface area contributed by atoms with Crippen molar-refractivity contribution >= 4 is 17.4 Å². The number of carbonyl (C=O) groups is 2. The van der Waals surface area contributed by atoms with Gasteiger partial charge in [-0.2, -0.15) is 0 Å². The molecule has 1 amide bonds. The molecule has 3 aromatic rings. The fraction of sp³-hybridized carbons (Fsp3) is 0.371. The van der Waals surface area contributed by atoms with Crippen LogP contribution in [0.25, 0.3) is 5.76 Å². The molecule has 1 aliphatic heterocycles. The predicted octanol–water partition coefficient (Wildman–Crippen LogP) is 7.66. The zero-order chi connectivity index (χ0) is 29.5. The van der Waals surface area contributed by atoms with Gasteiger partial charge in [0.15, 0.2) is 0 Å². The molecule has 1 fully saturated rings. The van der Waals surface area contributed by atoms with Gasteiger partial charge in [0.05, 0.1) is 18.7 Å². The van der Waals surface area contributed by atoms with Crippen LogP contribution in [0.5, 0.6) is 5.75 Å². The summed E-state index contributed by atoms with van der Waals surface area (Å²) in [4.78, 5) is 28.9. The first kappa shape index (κ1) is 29.1. The first-order valence-corrected chi connectivity index (χ1v) is 13.9. The molecule has 1 atom stereocenters. The first-order chi connectivity index (χ1) is 18.7. The van der Waals surface area contributed by atoms with E-state index in [4.69, 9.17) is 4.74 Å². The Kier molecular flexibility index (Phi) is 7.98. The van der Waals surface area contributed by atoms with Crippen LogP contribution in [0.15, 0.2) is 60.2 Å². The van der Waals surface area contributed by atoms with Crippen molar-refractivity contribution in [1.29, 1.82) is 0 Å². The van der Waals surface area contributed by atoms with E-state index >= 15 is 0 Å². The molecule has 0 radical (unpaired) electrons. The molecule has 0 spiro atoms. The third-order valence-corrected chi connectivity index (χ3v) is 7.93. The van der Waals surface area contributed by atoms with E-state index in [0.29, 0.717) is 5.56 Å². The number of aryl methyl sites for hydroxylation is 3. The maximum Gasteiger partial charge on any atom is 0.295 e. The monoisotopic (exact) mass is 539 g/mol. The largest absolute Gasteiger partial charge is 0.507 e. The predicted molar refractivity (Wildman–Crippen MR) is 161 cm³/mol. The Bertz CT molecular complexity index is 1490. The van der Waals surface area contributed by atoms with Crippen LogP contribution >= 0.6 is 0 Å². The molecular formula is C35H41NO4. The molecule has 1 heterocycles. The number of aliphatic hydroxyl groups excluding tert-OH is 1. The number of hydrogen-bond donors (Lipinski definition) is 1. The van der Waals surface area contributed by atoms with E-state index in [9.17, 15) is 14.7 Å². The number of carbonyl (C=O) groups excluding carboxylic acids is 2. The number of rotatable bonds is 6. The van der Waals surface area contributed by atoms with Gasteiger partial charge in [-0.05, 0) is 77.6 Å². The lowest BCUT2D eigenvalue weighted by atomic mass is 9.85. The number of aliphatic hydroxyl groups is 1. The number of methoxy groups -OCH3 is 1. The van der Waals surface area contributed by atoms with Crippen molar-refractivity contribution in [3.63, 3.8) is 0 Å². The molecule has 0 aromatic heterocycles. The second kappa shape index (κ2) is 11.0. The molecule has 1 saturated heterocycles. The number of likely N-dealkylation sites (tertiary alicyclic amines) is 1. The summed E-state index contributed by atoms with van der Waals surface area (Å²) in [5, 5.41) is 11.8. The zero-order valence-corrected chi connectivity index (χ0v) is 25.2. The van der Waals surface area contributed by atoms with Crippen molar-refractivity contribution in [3.05, 3.63) is 105 Å². The highest BCUT2D eigenvalue weighted by molar-refractivity contribution is 6.46. The normalized spacial score (nSPS) is 17.1. The SMILES string of the molecule is COc1cc(C)c(/C(O)=C2\C(=O)C(=O)N(Cc3cc(C)ccc3C)C2c2ccc(C(C)(C)C)cc2)cc1C(C)C. The molecule has 5 heteroatoms. The summed E-state index contributed by atoms with van der Waals surface area (Å²) in [5.74, 6) is -0.575. The summed E-state index contributed by atoms with van der Waals surface area (Å²) in [6.07, 6.45) is 0. The van der Waals surface area contributed by atoms with Crippen molar-refractivity contribution in [1.82, 2.24) is 4.90 Å². The van der Waals surface area contributed by atoms with Crippen LogP contribution in [0.1, 0.15) is 91.1 Å². The molecule has 3 aromatic carbocycles. The number of amides is 1. The molecule has 210 valence electrons. The van der Waals surface area contributed by atoms with E-state index in [1.165, 1.54) is 0 Å². The lowest BCUT2D eigenvalue weighted by Gasteiger charge is -2.27. The van der Waals surface area contributed by atoms with Crippen LogP contribution in [-0.2, 0) is 21.5 Å². The Morgan fingerprint density at radius 2 is 1.60 bits per heavy atom. The summed E-state index contributed by atoms with van der Waals surface area (Å²) < 4.78 is 5.59. The minimum atomic E-state index is -0.724. The van der Waals surface area contributed by atoms with Crippen LogP contribution in [0, 0.1) is 20.8 Å². The maximum atomic E-state index is 13.7. The molecule has 1 aliphatic rings. The Hall–Kier alpha value is -3.86. The minimum Gasteiger partial charge on any atom is -0.507 e. The number of nitrogens with zero attached hydrogens (tertiary/aromatic N) is 1. The molecule has 4 rings (SSSR count). The van der Waals surface area contributed by atoms with Crippen LogP contribution < -0.4 is 4.74 Å². The van der Waals surface area contributed by atoms with Gasteiger partial charge in [-0.1, -0.05) is 82.6 Å². The van der Waals surface area contributed by atoms with Gasteiger partial charge in [0.25, 0.3) is 11.7 Å². The Morgan fingerprint density at radius 1 is 0.950 bits per heavy atom. The maximum absolute atomic E-state index is 13.7.